The van der Waals surface area contributed by atoms with Gasteiger partial charge in [-0.2, -0.15) is 0 Å². The topological polar surface area (TPSA) is 9.86 Å². The van der Waals surface area contributed by atoms with Crippen molar-refractivity contribution in [1.29, 1.82) is 0 Å². The predicted octanol–water partition coefficient (Wildman–Crippen LogP) is 12.1. The van der Waals surface area contributed by atoms with Gasteiger partial charge in [0.1, 0.15) is 5.82 Å². The third kappa shape index (κ3) is 3.62. The fourth-order valence-corrected chi connectivity index (χ4v) is 8.59. The molecular weight excluding hydrogens is 584 g/mol. The molecule has 46 heavy (non-hydrogen) atoms. The Hall–Kier alpha value is -5.71. The van der Waals surface area contributed by atoms with Gasteiger partial charge in [-0.1, -0.05) is 84.9 Å². The highest BCUT2D eigenvalue weighted by Gasteiger charge is 2.19. The van der Waals surface area contributed by atoms with Crippen LogP contribution in [0.3, 0.4) is 0 Å². The van der Waals surface area contributed by atoms with Crippen molar-refractivity contribution in [3.05, 3.63) is 157 Å². The maximum atomic E-state index is 14.8. The fraction of sp³-hybridized carbons (Fsp3) is 0. The molecule has 216 valence electrons. The molecule has 0 unspecified atom stereocenters. The largest absolute Gasteiger partial charge is 0.309 e. The van der Waals surface area contributed by atoms with Crippen molar-refractivity contribution in [2.45, 2.75) is 0 Å². The minimum atomic E-state index is -0.231. The lowest BCUT2D eigenvalue weighted by Gasteiger charge is -2.11. The monoisotopic (exact) mass is 608 g/mol. The first-order chi connectivity index (χ1) is 22.7. The van der Waals surface area contributed by atoms with Crippen molar-refractivity contribution >= 4 is 75.1 Å². The first-order valence-electron chi connectivity index (χ1n) is 15.5. The van der Waals surface area contributed by atoms with Crippen LogP contribution in [0.2, 0.25) is 0 Å². The van der Waals surface area contributed by atoms with E-state index in [1.165, 1.54) is 36.7 Å². The smallest absolute Gasteiger partial charge is 0.123 e. The van der Waals surface area contributed by atoms with E-state index >= 15 is 0 Å². The molecule has 0 radical (unpaired) electrons. The van der Waals surface area contributed by atoms with Crippen LogP contribution in [0, 0.1) is 5.82 Å². The number of nitrogens with zero attached hydrogens (tertiary/aromatic N) is 2. The molecule has 0 aliphatic rings. The van der Waals surface area contributed by atoms with Crippen LogP contribution in [-0.2, 0) is 0 Å². The second kappa shape index (κ2) is 9.64. The van der Waals surface area contributed by atoms with Gasteiger partial charge in [-0.25, -0.2) is 4.39 Å². The second-order valence-corrected chi connectivity index (χ2v) is 13.0. The van der Waals surface area contributed by atoms with Crippen LogP contribution in [-0.4, -0.2) is 9.13 Å². The molecule has 3 aromatic heterocycles. The maximum absolute atomic E-state index is 14.8. The second-order valence-electron chi connectivity index (χ2n) is 11.9. The Morgan fingerprint density at radius 2 is 1.04 bits per heavy atom. The van der Waals surface area contributed by atoms with E-state index in [1.807, 2.05) is 23.5 Å². The summed E-state index contributed by atoms with van der Waals surface area (Å²) < 4.78 is 22.0. The van der Waals surface area contributed by atoms with Gasteiger partial charge >= 0.3 is 0 Å². The van der Waals surface area contributed by atoms with Gasteiger partial charge in [0.2, 0.25) is 0 Å². The highest BCUT2D eigenvalue weighted by atomic mass is 32.1. The van der Waals surface area contributed by atoms with Gasteiger partial charge in [0, 0.05) is 53.1 Å². The minimum absolute atomic E-state index is 0.231. The van der Waals surface area contributed by atoms with E-state index in [-0.39, 0.29) is 5.82 Å². The highest BCUT2D eigenvalue weighted by Crippen LogP contribution is 2.42. The first kappa shape index (κ1) is 25.6. The average Bonchev–Trinajstić information content (AvgIpc) is 3.75. The summed E-state index contributed by atoms with van der Waals surface area (Å²) in [6.45, 7) is 0. The van der Waals surface area contributed by atoms with Crippen LogP contribution in [0.25, 0.3) is 86.3 Å². The van der Waals surface area contributed by atoms with Crippen LogP contribution in [0.15, 0.2) is 152 Å². The number of rotatable bonds is 3. The molecule has 0 N–H and O–H groups in total. The zero-order valence-corrected chi connectivity index (χ0v) is 25.4. The van der Waals surface area contributed by atoms with Gasteiger partial charge in [0.05, 0.1) is 22.1 Å². The fourth-order valence-electron chi connectivity index (χ4n) is 7.35. The molecule has 0 fully saturated rings. The molecule has 0 spiro atoms. The Kier molecular flexibility index (Phi) is 5.37. The standard InChI is InChI=1S/C42H25FN2S/c43-27-19-22-38-34(23-27)36-24-35-31-11-4-6-15-37(31)44(28-9-2-1-3-10-28)39(35)25-40(36)45(38)29-20-17-26(18-21-29)30-13-8-14-33-32-12-5-7-16-41(32)46-42(30)33/h1-25H. The molecule has 0 amide bonds. The molecule has 7 aromatic carbocycles. The summed E-state index contributed by atoms with van der Waals surface area (Å²) in [4.78, 5) is 0. The highest BCUT2D eigenvalue weighted by molar-refractivity contribution is 7.26. The zero-order chi connectivity index (χ0) is 30.4. The van der Waals surface area contributed by atoms with Gasteiger partial charge in [0.25, 0.3) is 0 Å². The summed E-state index contributed by atoms with van der Waals surface area (Å²) in [6, 6.07) is 52.8. The van der Waals surface area contributed by atoms with Gasteiger partial charge in [0.15, 0.2) is 0 Å². The summed E-state index contributed by atoms with van der Waals surface area (Å²) in [7, 11) is 0. The molecule has 0 saturated carbocycles. The number of halogens is 1. The van der Waals surface area contributed by atoms with Crippen LogP contribution in [0.1, 0.15) is 0 Å². The lowest BCUT2D eigenvalue weighted by Crippen LogP contribution is -1.96. The van der Waals surface area contributed by atoms with E-state index < -0.39 is 0 Å². The third-order valence-electron chi connectivity index (χ3n) is 9.38. The maximum Gasteiger partial charge on any atom is 0.123 e. The van der Waals surface area contributed by atoms with E-state index in [9.17, 15) is 4.39 Å². The van der Waals surface area contributed by atoms with Crippen LogP contribution < -0.4 is 0 Å². The summed E-state index contributed by atoms with van der Waals surface area (Å²) >= 11 is 1.85. The van der Waals surface area contributed by atoms with Crippen molar-refractivity contribution in [3.63, 3.8) is 0 Å². The van der Waals surface area contributed by atoms with E-state index in [0.717, 1.165) is 49.6 Å². The molecule has 0 atom stereocenters. The molecule has 0 aliphatic carbocycles. The van der Waals surface area contributed by atoms with Gasteiger partial charge in [-0.3, -0.25) is 0 Å². The van der Waals surface area contributed by atoms with Crippen LogP contribution in [0.4, 0.5) is 4.39 Å². The number of hydrogen-bond donors (Lipinski definition) is 0. The van der Waals surface area contributed by atoms with Crippen molar-refractivity contribution in [2.24, 2.45) is 0 Å². The minimum Gasteiger partial charge on any atom is -0.309 e. The lowest BCUT2D eigenvalue weighted by molar-refractivity contribution is 0.629. The number of para-hydroxylation sites is 2. The Morgan fingerprint density at radius 3 is 1.87 bits per heavy atom. The summed E-state index contributed by atoms with van der Waals surface area (Å²) in [5.41, 5.74) is 8.88. The SMILES string of the molecule is Fc1ccc2c(c1)c1cc3c4ccccc4n(-c4ccccc4)c3cc1n2-c1ccc(-c2cccc3c2sc2ccccc23)cc1. The summed E-state index contributed by atoms with van der Waals surface area (Å²) in [6.07, 6.45) is 0. The van der Waals surface area contributed by atoms with E-state index in [0.29, 0.717) is 0 Å². The molecule has 0 saturated heterocycles. The van der Waals surface area contributed by atoms with Gasteiger partial charge in [-0.05, 0) is 77.9 Å². The number of fused-ring (bicyclic) bond motifs is 9. The molecule has 3 heterocycles. The van der Waals surface area contributed by atoms with E-state index in [4.69, 9.17) is 0 Å². The zero-order valence-electron chi connectivity index (χ0n) is 24.6. The average molecular weight is 609 g/mol. The molecule has 0 aliphatic heterocycles. The molecule has 4 heteroatoms. The van der Waals surface area contributed by atoms with Crippen molar-refractivity contribution in [3.8, 4) is 22.5 Å². The van der Waals surface area contributed by atoms with Crippen molar-refractivity contribution < 1.29 is 4.39 Å². The number of benzene rings is 7. The summed E-state index contributed by atoms with van der Waals surface area (Å²) in [5, 5.41) is 6.88. The first-order valence-corrected chi connectivity index (χ1v) is 16.3. The van der Waals surface area contributed by atoms with Crippen molar-refractivity contribution in [2.75, 3.05) is 0 Å². The number of aromatic nitrogens is 2. The summed E-state index contributed by atoms with van der Waals surface area (Å²) in [5.74, 6) is -0.231. The lowest BCUT2D eigenvalue weighted by atomic mass is 10.0. The normalized spacial score (nSPS) is 12.0. The molecule has 10 rings (SSSR count). The third-order valence-corrected chi connectivity index (χ3v) is 10.6. The molecule has 10 aromatic rings. The Bertz CT molecular complexity index is 2800. The Labute approximate surface area is 267 Å². The molecule has 2 nitrogen and oxygen atoms in total. The molecule has 0 bridgehead atoms. The predicted molar refractivity (Wildman–Crippen MR) is 193 cm³/mol. The Morgan fingerprint density at radius 1 is 0.413 bits per heavy atom. The van der Waals surface area contributed by atoms with Gasteiger partial charge in [-0.15, -0.1) is 11.3 Å². The molecular formula is C42H25FN2S. The van der Waals surface area contributed by atoms with E-state index in [1.54, 1.807) is 12.1 Å². The van der Waals surface area contributed by atoms with Crippen LogP contribution >= 0.6 is 11.3 Å². The number of hydrogen-bond acceptors (Lipinski definition) is 1. The van der Waals surface area contributed by atoms with Gasteiger partial charge < -0.3 is 9.13 Å². The van der Waals surface area contributed by atoms with Crippen LogP contribution in [0.5, 0.6) is 0 Å². The Balaban J connectivity index is 1.23. The quantitative estimate of drug-likeness (QED) is 0.189. The van der Waals surface area contributed by atoms with E-state index in [2.05, 4.69) is 137 Å². The number of thiophene rings is 1. The van der Waals surface area contributed by atoms with Crippen molar-refractivity contribution in [1.82, 2.24) is 9.13 Å².